The van der Waals surface area contributed by atoms with Crippen molar-refractivity contribution >= 4 is 20.9 Å². The molecule has 7 heteroatoms. The molecule has 1 N–H and O–H groups in total. The van der Waals surface area contributed by atoms with E-state index < -0.39 is 10.0 Å². The van der Waals surface area contributed by atoms with E-state index in [2.05, 4.69) is 10.4 Å². The van der Waals surface area contributed by atoms with E-state index in [-0.39, 0.29) is 16.6 Å². The van der Waals surface area contributed by atoms with Gasteiger partial charge in [-0.1, -0.05) is 18.2 Å². The highest BCUT2D eigenvalue weighted by Crippen LogP contribution is 2.33. The molecule has 0 unspecified atom stereocenters. The number of aryl methyl sites for hydroxylation is 1. The summed E-state index contributed by atoms with van der Waals surface area (Å²) >= 11 is 0. The molecular weight excluding hydrogens is 353 g/mol. The van der Waals surface area contributed by atoms with Crippen molar-refractivity contribution in [2.75, 3.05) is 13.1 Å². The van der Waals surface area contributed by atoms with Crippen molar-refractivity contribution < 1.29 is 12.8 Å². The highest BCUT2D eigenvalue weighted by molar-refractivity contribution is 7.90. The number of rotatable bonds is 3. The van der Waals surface area contributed by atoms with Gasteiger partial charge in [0, 0.05) is 11.3 Å². The van der Waals surface area contributed by atoms with Gasteiger partial charge in [-0.3, -0.25) is 0 Å². The zero-order chi connectivity index (χ0) is 18.3. The summed E-state index contributed by atoms with van der Waals surface area (Å²) in [5.41, 5.74) is 1.74. The zero-order valence-corrected chi connectivity index (χ0v) is 15.3. The first-order valence-corrected chi connectivity index (χ1v) is 10.1. The summed E-state index contributed by atoms with van der Waals surface area (Å²) in [4.78, 5) is 0.214. The number of nitrogens with zero attached hydrogens (tertiary/aromatic N) is 2. The summed E-state index contributed by atoms with van der Waals surface area (Å²) in [7, 11) is -3.86. The zero-order valence-electron chi connectivity index (χ0n) is 14.4. The van der Waals surface area contributed by atoms with Gasteiger partial charge in [0.25, 0.3) is 10.0 Å². The molecule has 4 rings (SSSR count). The summed E-state index contributed by atoms with van der Waals surface area (Å²) < 4.78 is 41.4. The Morgan fingerprint density at radius 1 is 1.15 bits per heavy atom. The molecule has 0 bridgehead atoms. The van der Waals surface area contributed by atoms with Crippen LogP contribution in [0.2, 0.25) is 0 Å². The normalized spacial score (nSPS) is 16.2. The first-order valence-electron chi connectivity index (χ1n) is 8.68. The molecule has 3 aromatic rings. The van der Waals surface area contributed by atoms with Gasteiger partial charge in [0.1, 0.15) is 5.82 Å². The van der Waals surface area contributed by atoms with Crippen LogP contribution in [0.1, 0.15) is 30.0 Å². The lowest BCUT2D eigenvalue weighted by Gasteiger charge is -2.21. The number of piperidine rings is 1. The van der Waals surface area contributed by atoms with Crippen LogP contribution in [0, 0.1) is 12.7 Å². The van der Waals surface area contributed by atoms with Crippen LogP contribution in [-0.4, -0.2) is 30.7 Å². The van der Waals surface area contributed by atoms with Gasteiger partial charge in [-0.05, 0) is 62.7 Å². The van der Waals surface area contributed by atoms with Crippen molar-refractivity contribution in [2.45, 2.75) is 30.6 Å². The minimum Gasteiger partial charge on any atom is -0.317 e. The molecule has 0 spiro atoms. The van der Waals surface area contributed by atoms with E-state index in [1.807, 2.05) is 0 Å². The van der Waals surface area contributed by atoms with Crippen molar-refractivity contribution in [3.8, 4) is 0 Å². The highest BCUT2D eigenvalue weighted by atomic mass is 32.2. The predicted molar refractivity (Wildman–Crippen MR) is 98.3 cm³/mol. The van der Waals surface area contributed by atoms with Crippen molar-refractivity contribution in [2.24, 2.45) is 0 Å². The number of halogens is 1. The van der Waals surface area contributed by atoms with Crippen molar-refractivity contribution in [1.29, 1.82) is 0 Å². The SMILES string of the molecule is Cc1ccccc1S(=O)(=O)n1nc(C2CCNCC2)c2cc(F)ccc21. The molecule has 26 heavy (non-hydrogen) atoms. The number of hydrogen-bond acceptors (Lipinski definition) is 4. The van der Waals surface area contributed by atoms with Gasteiger partial charge in [0.15, 0.2) is 0 Å². The second-order valence-electron chi connectivity index (χ2n) is 6.68. The Morgan fingerprint density at radius 3 is 2.62 bits per heavy atom. The molecule has 136 valence electrons. The third-order valence-corrected chi connectivity index (χ3v) is 6.71. The van der Waals surface area contributed by atoms with Gasteiger partial charge in [-0.2, -0.15) is 17.6 Å². The lowest BCUT2D eigenvalue weighted by molar-refractivity contribution is 0.453. The molecule has 0 radical (unpaired) electrons. The smallest absolute Gasteiger partial charge is 0.283 e. The quantitative estimate of drug-likeness (QED) is 0.766. The third kappa shape index (κ3) is 2.81. The molecule has 5 nitrogen and oxygen atoms in total. The van der Waals surface area contributed by atoms with Crippen LogP contribution in [0.15, 0.2) is 47.4 Å². The average molecular weight is 373 g/mol. The van der Waals surface area contributed by atoms with E-state index in [0.717, 1.165) is 30.0 Å². The molecule has 2 aromatic carbocycles. The van der Waals surface area contributed by atoms with Crippen LogP contribution in [0.3, 0.4) is 0 Å². The Kier molecular flexibility index (Phi) is 4.28. The maximum Gasteiger partial charge on any atom is 0.283 e. The van der Waals surface area contributed by atoms with Crippen LogP contribution in [-0.2, 0) is 10.0 Å². The maximum atomic E-state index is 13.9. The standard InChI is InChI=1S/C19H20FN3O2S/c1-13-4-2-3-5-18(13)26(24,25)23-17-7-6-15(20)12-16(17)19(22-23)14-8-10-21-11-9-14/h2-7,12,14,21H,8-11H2,1H3. The first kappa shape index (κ1) is 17.2. The van der Waals surface area contributed by atoms with Gasteiger partial charge in [-0.15, -0.1) is 0 Å². The lowest BCUT2D eigenvalue weighted by atomic mass is 9.92. The van der Waals surface area contributed by atoms with E-state index in [4.69, 9.17) is 0 Å². The fourth-order valence-corrected chi connectivity index (χ4v) is 5.13. The van der Waals surface area contributed by atoms with Gasteiger partial charge in [0.2, 0.25) is 0 Å². The van der Waals surface area contributed by atoms with Crippen LogP contribution in [0.5, 0.6) is 0 Å². The summed E-state index contributed by atoms with van der Waals surface area (Å²) in [6.07, 6.45) is 1.71. The highest BCUT2D eigenvalue weighted by Gasteiger charge is 2.28. The molecule has 2 heterocycles. The number of aromatic nitrogens is 2. The average Bonchev–Trinajstić information content (AvgIpc) is 3.02. The summed E-state index contributed by atoms with van der Waals surface area (Å²) in [5.74, 6) is -0.269. The summed E-state index contributed by atoms with van der Waals surface area (Å²) in [6.45, 7) is 3.45. The van der Waals surface area contributed by atoms with E-state index in [0.29, 0.717) is 22.2 Å². The van der Waals surface area contributed by atoms with Gasteiger partial charge >= 0.3 is 0 Å². The van der Waals surface area contributed by atoms with Crippen LogP contribution >= 0.6 is 0 Å². The number of hydrogen-bond donors (Lipinski definition) is 1. The Morgan fingerprint density at radius 2 is 1.88 bits per heavy atom. The Hall–Kier alpha value is -2.25. The van der Waals surface area contributed by atoms with Crippen molar-refractivity contribution in [3.05, 3.63) is 59.5 Å². The predicted octanol–water partition coefficient (Wildman–Crippen LogP) is 3.19. The maximum absolute atomic E-state index is 13.9. The van der Waals surface area contributed by atoms with Gasteiger partial charge < -0.3 is 5.32 Å². The lowest BCUT2D eigenvalue weighted by Crippen LogP contribution is -2.27. The van der Waals surface area contributed by atoms with Crippen molar-refractivity contribution in [3.63, 3.8) is 0 Å². The monoisotopic (exact) mass is 373 g/mol. The summed E-state index contributed by atoms with van der Waals surface area (Å²) in [5, 5.41) is 8.34. The Bertz CT molecular complexity index is 1070. The summed E-state index contributed by atoms with van der Waals surface area (Å²) in [6, 6.07) is 11.0. The minimum atomic E-state index is -3.86. The molecule has 0 saturated carbocycles. The van der Waals surface area contributed by atoms with E-state index in [1.54, 1.807) is 31.2 Å². The third-order valence-electron chi connectivity index (χ3n) is 4.96. The molecule has 0 atom stereocenters. The Labute approximate surface area is 151 Å². The minimum absolute atomic E-state index is 0.119. The second-order valence-corrected chi connectivity index (χ2v) is 8.42. The largest absolute Gasteiger partial charge is 0.317 e. The number of nitrogens with one attached hydrogen (secondary N) is 1. The fourth-order valence-electron chi connectivity index (χ4n) is 3.60. The van der Waals surface area contributed by atoms with E-state index >= 15 is 0 Å². The van der Waals surface area contributed by atoms with Crippen LogP contribution in [0.25, 0.3) is 10.9 Å². The second kappa shape index (κ2) is 6.48. The van der Waals surface area contributed by atoms with Crippen molar-refractivity contribution in [1.82, 2.24) is 14.5 Å². The number of benzene rings is 2. The molecule has 1 aromatic heterocycles. The van der Waals surface area contributed by atoms with Crippen LogP contribution in [0.4, 0.5) is 4.39 Å². The first-order chi connectivity index (χ1) is 12.5. The molecule has 0 aliphatic carbocycles. The molecule has 1 saturated heterocycles. The van der Waals surface area contributed by atoms with Gasteiger partial charge in [-0.25, -0.2) is 4.39 Å². The number of fused-ring (bicyclic) bond motifs is 1. The van der Waals surface area contributed by atoms with E-state index in [9.17, 15) is 12.8 Å². The fraction of sp³-hybridized carbons (Fsp3) is 0.316. The van der Waals surface area contributed by atoms with Crippen LogP contribution < -0.4 is 5.32 Å². The molecule has 1 aliphatic rings. The molecule has 1 fully saturated rings. The molecule has 0 amide bonds. The molecule has 1 aliphatic heterocycles. The van der Waals surface area contributed by atoms with Gasteiger partial charge in [0.05, 0.1) is 16.1 Å². The Balaban J connectivity index is 1.95. The molecular formula is C19H20FN3O2S. The van der Waals surface area contributed by atoms with E-state index in [1.165, 1.54) is 18.2 Å². The topological polar surface area (TPSA) is 64.0 Å².